The van der Waals surface area contributed by atoms with E-state index in [-0.39, 0.29) is 23.9 Å². The standard InChI is InChI=1S/C13H14ClFN2O4/c1-17(11-6-21-5-8(11)12(18)19)13(20)16-10-4-7(15)2-3-9(10)14/h2-4,8,11H,5-6H2,1H3,(H,16,20)(H,18,19). The molecular formula is C13H14ClFN2O4. The number of nitrogens with zero attached hydrogens (tertiary/aromatic N) is 1. The molecule has 2 rings (SSSR count). The van der Waals surface area contributed by atoms with Gasteiger partial charge in [-0.1, -0.05) is 11.6 Å². The van der Waals surface area contributed by atoms with Gasteiger partial charge < -0.3 is 20.1 Å². The van der Waals surface area contributed by atoms with E-state index in [9.17, 15) is 14.0 Å². The van der Waals surface area contributed by atoms with Crippen LogP contribution in [-0.2, 0) is 9.53 Å². The first-order valence-corrected chi connectivity index (χ1v) is 6.57. The van der Waals surface area contributed by atoms with Crippen LogP contribution in [-0.4, -0.2) is 48.3 Å². The Kier molecular flexibility index (Phi) is 4.64. The number of rotatable bonds is 3. The normalized spacial score (nSPS) is 21.1. The highest BCUT2D eigenvalue weighted by molar-refractivity contribution is 6.33. The first-order chi connectivity index (χ1) is 9.90. The molecule has 1 saturated heterocycles. The summed E-state index contributed by atoms with van der Waals surface area (Å²) in [6.07, 6.45) is 0. The number of hydrogen-bond donors (Lipinski definition) is 2. The van der Waals surface area contributed by atoms with Crippen LogP contribution in [0.25, 0.3) is 0 Å². The van der Waals surface area contributed by atoms with Crippen LogP contribution in [0.4, 0.5) is 14.9 Å². The molecule has 114 valence electrons. The van der Waals surface area contributed by atoms with E-state index in [2.05, 4.69) is 5.32 Å². The van der Waals surface area contributed by atoms with Gasteiger partial charge in [-0.25, -0.2) is 9.18 Å². The second-order valence-electron chi connectivity index (χ2n) is 4.71. The first-order valence-electron chi connectivity index (χ1n) is 6.19. The molecule has 0 radical (unpaired) electrons. The third-order valence-electron chi connectivity index (χ3n) is 3.36. The van der Waals surface area contributed by atoms with Gasteiger partial charge in [0.15, 0.2) is 0 Å². The van der Waals surface area contributed by atoms with Gasteiger partial charge in [0.05, 0.1) is 30.0 Å². The van der Waals surface area contributed by atoms with Crippen LogP contribution in [0.3, 0.4) is 0 Å². The molecule has 6 nitrogen and oxygen atoms in total. The van der Waals surface area contributed by atoms with Gasteiger partial charge in [-0.2, -0.15) is 0 Å². The number of nitrogens with one attached hydrogen (secondary N) is 1. The number of hydrogen-bond acceptors (Lipinski definition) is 3. The van der Waals surface area contributed by atoms with E-state index in [1.54, 1.807) is 0 Å². The second-order valence-corrected chi connectivity index (χ2v) is 5.12. The largest absolute Gasteiger partial charge is 0.481 e. The zero-order valence-corrected chi connectivity index (χ0v) is 11.9. The molecule has 1 aliphatic rings. The summed E-state index contributed by atoms with van der Waals surface area (Å²) in [4.78, 5) is 24.4. The molecule has 8 heteroatoms. The van der Waals surface area contributed by atoms with Crippen LogP contribution in [0.2, 0.25) is 5.02 Å². The third-order valence-corrected chi connectivity index (χ3v) is 3.69. The Morgan fingerprint density at radius 2 is 2.19 bits per heavy atom. The van der Waals surface area contributed by atoms with Crippen molar-refractivity contribution < 1.29 is 23.8 Å². The fourth-order valence-corrected chi connectivity index (χ4v) is 2.27. The number of benzene rings is 1. The second kappa shape index (κ2) is 6.28. The minimum atomic E-state index is -1.03. The molecule has 1 aromatic carbocycles. The number of carbonyl (C=O) groups excluding carboxylic acids is 1. The smallest absolute Gasteiger partial charge is 0.321 e. The van der Waals surface area contributed by atoms with Gasteiger partial charge in [0.25, 0.3) is 0 Å². The average Bonchev–Trinajstić information content (AvgIpc) is 2.91. The summed E-state index contributed by atoms with van der Waals surface area (Å²) in [7, 11) is 1.46. The Labute approximate surface area is 125 Å². The molecule has 0 spiro atoms. The van der Waals surface area contributed by atoms with Crippen molar-refractivity contribution in [3.05, 3.63) is 29.0 Å². The molecule has 2 amide bonds. The first kappa shape index (κ1) is 15.5. The van der Waals surface area contributed by atoms with Gasteiger partial charge in [0.1, 0.15) is 11.7 Å². The summed E-state index contributed by atoms with van der Waals surface area (Å²) < 4.78 is 18.3. The lowest BCUT2D eigenvalue weighted by Gasteiger charge is -2.26. The number of urea groups is 1. The molecule has 0 aromatic heterocycles. The van der Waals surface area contributed by atoms with Gasteiger partial charge in [-0.05, 0) is 18.2 Å². The van der Waals surface area contributed by atoms with Crippen molar-refractivity contribution in [3.63, 3.8) is 0 Å². The molecule has 1 aromatic rings. The number of ether oxygens (including phenoxy) is 1. The van der Waals surface area contributed by atoms with E-state index in [1.165, 1.54) is 24.1 Å². The molecule has 2 atom stereocenters. The molecule has 1 fully saturated rings. The Morgan fingerprint density at radius 1 is 1.48 bits per heavy atom. The third kappa shape index (κ3) is 3.43. The fourth-order valence-electron chi connectivity index (χ4n) is 2.11. The van der Waals surface area contributed by atoms with Crippen molar-refractivity contribution in [2.24, 2.45) is 5.92 Å². The number of amides is 2. The summed E-state index contributed by atoms with van der Waals surface area (Å²) in [5.74, 6) is -2.35. The van der Waals surface area contributed by atoms with Crippen molar-refractivity contribution in [2.75, 3.05) is 25.6 Å². The van der Waals surface area contributed by atoms with Crippen molar-refractivity contribution >= 4 is 29.3 Å². The van der Waals surface area contributed by atoms with Gasteiger partial charge in [0.2, 0.25) is 0 Å². The average molecular weight is 317 g/mol. The Balaban J connectivity index is 2.09. The van der Waals surface area contributed by atoms with E-state index < -0.39 is 29.8 Å². The zero-order chi connectivity index (χ0) is 15.6. The van der Waals surface area contributed by atoms with E-state index in [0.29, 0.717) is 0 Å². The zero-order valence-electron chi connectivity index (χ0n) is 11.2. The molecule has 0 bridgehead atoms. The summed E-state index contributed by atoms with van der Waals surface area (Å²) in [6, 6.07) is 2.42. The van der Waals surface area contributed by atoms with Gasteiger partial charge >= 0.3 is 12.0 Å². The van der Waals surface area contributed by atoms with Crippen LogP contribution >= 0.6 is 11.6 Å². The molecular weight excluding hydrogens is 303 g/mol. The van der Waals surface area contributed by atoms with Crippen LogP contribution in [0, 0.1) is 11.7 Å². The highest BCUT2D eigenvalue weighted by Crippen LogP contribution is 2.24. The molecule has 0 aliphatic carbocycles. The maximum atomic E-state index is 13.1. The number of halogens is 2. The van der Waals surface area contributed by atoms with Gasteiger partial charge in [-0.3, -0.25) is 4.79 Å². The predicted octanol–water partition coefficient (Wildman–Crippen LogP) is 2.04. The number of carbonyl (C=O) groups is 2. The number of carboxylic acid groups (broad SMARTS) is 1. The van der Waals surface area contributed by atoms with Crippen LogP contribution in [0.1, 0.15) is 0 Å². The van der Waals surface area contributed by atoms with E-state index in [1.807, 2.05) is 0 Å². The highest BCUT2D eigenvalue weighted by atomic mass is 35.5. The van der Waals surface area contributed by atoms with Gasteiger partial charge in [-0.15, -0.1) is 0 Å². The number of aliphatic carboxylic acids is 1. The minimum Gasteiger partial charge on any atom is -0.481 e. The molecule has 0 saturated carbocycles. The van der Waals surface area contributed by atoms with E-state index >= 15 is 0 Å². The van der Waals surface area contributed by atoms with Gasteiger partial charge in [0, 0.05) is 7.05 Å². The lowest BCUT2D eigenvalue weighted by Crippen LogP contribution is -2.46. The summed E-state index contributed by atoms with van der Waals surface area (Å²) in [5.41, 5.74) is 0.124. The Morgan fingerprint density at radius 3 is 2.86 bits per heavy atom. The lowest BCUT2D eigenvalue weighted by atomic mass is 10.0. The van der Waals surface area contributed by atoms with E-state index in [4.69, 9.17) is 21.4 Å². The van der Waals surface area contributed by atoms with Crippen molar-refractivity contribution in [1.29, 1.82) is 0 Å². The maximum Gasteiger partial charge on any atom is 0.321 e. The number of anilines is 1. The predicted molar refractivity (Wildman–Crippen MR) is 73.9 cm³/mol. The summed E-state index contributed by atoms with van der Waals surface area (Å²) >= 11 is 5.87. The SMILES string of the molecule is CN(C(=O)Nc1cc(F)ccc1Cl)C1COCC1C(=O)O. The van der Waals surface area contributed by atoms with Crippen molar-refractivity contribution in [3.8, 4) is 0 Å². The summed E-state index contributed by atoms with van der Waals surface area (Å²) in [6.45, 7) is 0.191. The molecule has 1 heterocycles. The number of likely N-dealkylation sites (N-methyl/N-ethyl adjacent to an activating group) is 1. The maximum absolute atomic E-state index is 13.1. The molecule has 2 unspecified atom stereocenters. The molecule has 1 aliphatic heterocycles. The van der Waals surface area contributed by atoms with Crippen LogP contribution < -0.4 is 5.32 Å². The molecule has 2 N–H and O–H groups in total. The molecule has 21 heavy (non-hydrogen) atoms. The monoisotopic (exact) mass is 316 g/mol. The quantitative estimate of drug-likeness (QED) is 0.894. The lowest BCUT2D eigenvalue weighted by molar-refractivity contribution is -0.142. The van der Waals surface area contributed by atoms with Crippen molar-refractivity contribution in [2.45, 2.75) is 6.04 Å². The van der Waals surface area contributed by atoms with Crippen LogP contribution in [0.15, 0.2) is 18.2 Å². The Hall–Kier alpha value is -1.86. The van der Waals surface area contributed by atoms with Crippen molar-refractivity contribution in [1.82, 2.24) is 4.90 Å². The number of carboxylic acids is 1. The Bertz CT molecular complexity index is 569. The minimum absolute atomic E-state index is 0.0539. The fraction of sp³-hybridized carbons (Fsp3) is 0.385. The highest BCUT2D eigenvalue weighted by Gasteiger charge is 2.38. The van der Waals surface area contributed by atoms with E-state index in [0.717, 1.165) is 6.07 Å². The topological polar surface area (TPSA) is 78.9 Å². The summed E-state index contributed by atoms with van der Waals surface area (Å²) in [5, 5.41) is 11.7. The van der Waals surface area contributed by atoms with Crippen LogP contribution in [0.5, 0.6) is 0 Å².